The molecule has 0 unspecified atom stereocenters. The van der Waals surface area contributed by atoms with E-state index in [1.165, 1.54) is 6.08 Å². The van der Waals surface area contributed by atoms with Gasteiger partial charge in [-0.1, -0.05) is 61.2 Å². The number of benzene rings is 1. The molecule has 0 saturated heterocycles. The smallest absolute Gasteiger partial charge is 0.210 e. The molecule has 108 valence electrons. The second-order valence-corrected chi connectivity index (χ2v) is 4.20. The van der Waals surface area contributed by atoms with E-state index in [0.717, 1.165) is 0 Å². The topological polar surface area (TPSA) is 86.2 Å². The van der Waals surface area contributed by atoms with E-state index >= 15 is 0 Å². The highest BCUT2D eigenvalue weighted by Gasteiger charge is 2.18. The molecule has 0 fully saturated rings. The molecule has 0 aliphatic heterocycles. The van der Waals surface area contributed by atoms with Gasteiger partial charge in [-0.05, 0) is 6.92 Å². The minimum absolute atomic E-state index is 0.264. The molecule has 0 amide bonds. The summed E-state index contributed by atoms with van der Waals surface area (Å²) in [7, 11) is 0. The molecule has 4 nitrogen and oxygen atoms in total. The predicted molar refractivity (Wildman–Crippen MR) is 84.3 cm³/mol. The molecule has 1 aromatic rings. The van der Waals surface area contributed by atoms with E-state index < -0.39 is 11.6 Å². The fourth-order valence-corrected chi connectivity index (χ4v) is 1.58. The zero-order chi connectivity index (χ0) is 15.8. The summed E-state index contributed by atoms with van der Waals surface area (Å²) >= 11 is 0. The molecule has 0 aliphatic rings. The number of hydrogen-bond donors (Lipinski definition) is 2. The van der Waals surface area contributed by atoms with Crippen LogP contribution >= 0.6 is 0 Å². The van der Waals surface area contributed by atoms with Gasteiger partial charge in [-0.2, -0.15) is 0 Å². The van der Waals surface area contributed by atoms with Crippen LogP contribution in [0.1, 0.15) is 17.3 Å². The van der Waals surface area contributed by atoms with Crippen molar-refractivity contribution < 1.29 is 9.59 Å². The Balaban J connectivity index is 3.14. The zero-order valence-electron chi connectivity index (χ0n) is 11.9. The standard InChI is InChI=1S/C17H18N2O2/c1-3-5-9-12(4-2)16(20)14(18)15(19)17(21)13-10-7-6-8-11-13/h3-11H,2,18-19H2,1H3/b5-3-,12-9+,15-14?. The van der Waals surface area contributed by atoms with Gasteiger partial charge in [-0.15, -0.1) is 0 Å². The van der Waals surface area contributed by atoms with Crippen molar-refractivity contribution in [1.82, 2.24) is 0 Å². The first kappa shape index (κ1) is 16.2. The van der Waals surface area contributed by atoms with Crippen LogP contribution in [-0.4, -0.2) is 11.6 Å². The summed E-state index contributed by atoms with van der Waals surface area (Å²) < 4.78 is 0. The lowest BCUT2D eigenvalue weighted by molar-refractivity contribution is -0.112. The van der Waals surface area contributed by atoms with Crippen molar-refractivity contribution in [2.75, 3.05) is 0 Å². The maximum atomic E-state index is 12.2. The van der Waals surface area contributed by atoms with Crippen LogP contribution in [0.3, 0.4) is 0 Å². The van der Waals surface area contributed by atoms with Crippen LogP contribution in [0, 0.1) is 0 Å². The van der Waals surface area contributed by atoms with E-state index in [-0.39, 0.29) is 17.0 Å². The Kier molecular flexibility index (Phi) is 5.89. The van der Waals surface area contributed by atoms with Crippen LogP contribution in [0.15, 0.2) is 78.2 Å². The highest BCUT2D eigenvalue weighted by Crippen LogP contribution is 2.10. The van der Waals surface area contributed by atoms with Gasteiger partial charge in [-0.25, -0.2) is 0 Å². The fourth-order valence-electron chi connectivity index (χ4n) is 1.58. The summed E-state index contributed by atoms with van der Waals surface area (Å²) in [5, 5.41) is 0. The van der Waals surface area contributed by atoms with Gasteiger partial charge in [0.25, 0.3) is 0 Å². The highest BCUT2D eigenvalue weighted by atomic mass is 16.1. The molecule has 0 saturated carbocycles. The van der Waals surface area contributed by atoms with E-state index in [9.17, 15) is 9.59 Å². The molecule has 0 bridgehead atoms. The Morgan fingerprint density at radius 3 is 2.24 bits per heavy atom. The lowest BCUT2D eigenvalue weighted by Crippen LogP contribution is -2.24. The van der Waals surface area contributed by atoms with Gasteiger partial charge in [0, 0.05) is 11.1 Å². The van der Waals surface area contributed by atoms with E-state index in [4.69, 9.17) is 11.5 Å². The lowest BCUT2D eigenvalue weighted by atomic mass is 10.0. The van der Waals surface area contributed by atoms with Crippen molar-refractivity contribution in [2.45, 2.75) is 6.92 Å². The number of nitrogens with two attached hydrogens (primary N) is 2. The number of carbonyl (C=O) groups excluding carboxylic acids is 2. The lowest BCUT2D eigenvalue weighted by Gasteiger charge is -2.06. The van der Waals surface area contributed by atoms with Gasteiger partial charge in [-0.3, -0.25) is 9.59 Å². The molecule has 1 rings (SSSR count). The van der Waals surface area contributed by atoms with Crippen molar-refractivity contribution in [1.29, 1.82) is 0 Å². The molecule has 0 spiro atoms. The third-order valence-electron chi connectivity index (χ3n) is 2.77. The monoisotopic (exact) mass is 282 g/mol. The fraction of sp³-hybridized carbons (Fsp3) is 0.0588. The molecule has 0 atom stereocenters. The minimum atomic E-state index is -0.523. The SMILES string of the molecule is C=C/C(=C\C=C/C)C(=O)C(N)=C(N)C(=O)c1ccccc1. The average molecular weight is 282 g/mol. The van der Waals surface area contributed by atoms with Crippen LogP contribution in [0.2, 0.25) is 0 Å². The molecule has 1 aromatic carbocycles. The molecule has 0 radical (unpaired) electrons. The molecule has 0 aromatic heterocycles. The van der Waals surface area contributed by atoms with E-state index in [2.05, 4.69) is 6.58 Å². The first-order valence-electron chi connectivity index (χ1n) is 6.38. The first-order chi connectivity index (χ1) is 10.0. The highest BCUT2D eigenvalue weighted by molar-refractivity contribution is 6.17. The summed E-state index contributed by atoms with van der Waals surface area (Å²) in [5.41, 5.74) is 11.5. The van der Waals surface area contributed by atoms with Gasteiger partial charge < -0.3 is 11.5 Å². The van der Waals surface area contributed by atoms with Crippen molar-refractivity contribution in [3.63, 3.8) is 0 Å². The first-order valence-corrected chi connectivity index (χ1v) is 6.38. The summed E-state index contributed by atoms with van der Waals surface area (Å²) in [6.07, 6.45) is 6.37. The van der Waals surface area contributed by atoms with Gasteiger partial charge in [0.2, 0.25) is 11.6 Å². The number of hydrogen-bond acceptors (Lipinski definition) is 4. The largest absolute Gasteiger partial charge is 0.394 e. The summed E-state index contributed by atoms with van der Waals surface area (Å²) in [4.78, 5) is 24.3. The summed E-state index contributed by atoms with van der Waals surface area (Å²) in [6.45, 7) is 5.37. The Labute approximate surface area is 124 Å². The Bertz CT molecular complexity index is 638. The maximum absolute atomic E-state index is 12.2. The van der Waals surface area contributed by atoms with Crippen LogP contribution in [0.4, 0.5) is 0 Å². The van der Waals surface area contributed by atoms with Gasteiger partial charge in [0.15, 0.2) is 0 Å². The number of carbonyl (C=O) groups is 2. The van der Waals surface area contributed by atoms with Crippen molar-refractivity contribution in [3.05, 3.63) is 83.7 Å². The molecule has 4 heteroatoms. The summed E-state index contributed by atoms with van der Waals surface area (Å²) in [6, 6.07) is 8.41. The van der Waals surface area contributed by atoms with Gasteiger partial charge >= 0.3 is 0 Å². The minimum Gasteiger partial charge on any atom is -0.394 e. The van der Waals surface area contributed by atoms with Crippen LogP contribution < -0.4 is 11.5 Å². The molecule has 0 aliphatic carbocycles. The normalized spacial score (nSPS) is 12.9. The maximum Gasteiger partial charge on any atom is 0.210 e. The molecule has 21 heavy (non-hydrogen) atoms. The van der Waals surface area contributed by atoms with Crippen LogP contribution in [0.5, 0.6) is 0 Å². The molecular weight excluding hydrogens is 264 g/mol. The third-order valence-corrected chi connectivity index (χ3v) is 2.77. The summed E-state index contributed by atoms with van der Waals surface area (Å²) in [5.74, 6) is -0.999. The number of allylic oxidation sites excluding steroid dienone is 6. The average Bonchev–Trinajstić information content (AvgIpc) is 2.54. The predicted octanol–water partition coefficient (Wildman–Crippen LogP) is 2.26. The van der Waals surface area contributed by atoms with Crippen LogP contribution in [0.25, 0.3) is 0 Å². The van der Waals surface area contributed by atoms with Crippen molar-refractivity contribution >= 4 is 11.6 Å². The Morgan fingerprint density at radius 1 is 1.10 bits per heavy atom. The quantitative estimate of drug-likeness (QED) is 0.476. The number of ketones is 2. The van der Waals surface area contributed by atoms with E-state index in [1.54, 1.807) is 48.6 Å². The second-order valence-electron chi connectivity index (χ2n) is 4.20. The van der Waals surface area contributed by atoms with Crippen molar-refractivity contribution in [3.8, 4) is 0 Å². The Hall–Kier alpha value is -2.88. The van der Waals surface area contributed by atoms with Gasteiger partial charge in [0.1, 0.15) is 11.4 Å². The third kappa shape index (κ3) is 4.04. The molecule has 0 heterocycles. The number of Topliss-reactive ketones (excluding diaryl/α,β-unsaturated/α-hetero) is 2. The molecular formula is C17H18N2O2. The Morgan fingerprint density at radius 2 is 1.71 bits per heavy atom. The number of rotatable bonds is 6. The van der Waals surface area contributed by atoms with Crippen molar-refractivity contribution in [2.24, 2.45) is 11.5 Å². The molecule has 4 N–H and O–H groups in total. The van der Waals surface area contributed by atoms with E-state index in [0.29, 0.717) is 5.56 Å². The van der Waals surface area contributed by atoms with Crippen LogP contribution in [-0.2, 0) is 4.79 Å². The van der Waals surface area contributed by atoms with Gasteiger partial charge in [0.05, 0.1) is 0 Å². The second kappa shape index (κ2) is 7.65. The van der Waals surface area contributed by atoms with E-state index in [1.807, 2.05) is 6.92 Å². The zero-order valence-corrected chi connectivity index (χ0v) is 11.9.